The zero-order chi connectivity index (χ0) is 25.0. The average molecular weight is 477 g/mol. The Bertz CT molecular complexity index is 1110. The van der Waals surface area contributed by atoms with Crippen molar-refractivity contribution < 1.29 is 19.2 Å². The van der Waals surface area contributed by atoms with Crippen molar-refractivity contribution in [2.24, 2.45) is 5.92 Å². The number of para-hydroxylation sites is 1. The van der Waals surface area contributed by atoms with Crippen LogP contribution in [-0.2, 0) is 9.59 Å². The molecule has 4 rings (SSSR count). The average Bonchev–Trinajstić information content (AvgIpc) is 3.09. The third kappa shape index (κ3) is 5.21. The largest absolute Gasteiger partial charge is 0.345 e. The highest BCUT2D eigenvalue weighted by Crippen LogP contribution is 2.37. The number of hydrogen-bond donors (Lipinski definition) is 3. The van der Waals surface area contributed by atoms with E-state index in [-0.39, 0.29) is 17.9 Å². The molecule has 1 atom stereocenters. The molecule has 8 nitrogen and oxygen atoms in total. The molecule has 1 unspecified atom stereocenters. The third-order valence-electron chi connectivity index (χ3n) is 7.18. The van der Waals surface area contributed by atoms with Gasteiger partial charge in [-0.3, -0.25) is 19.3 Å². The van der Waals surface area contributed by atoms with Gasteiger partial charge in [0.15, 0.2) is 0 Å². The smallest absolute Gasteiger partial charge is 0.325 e. The van der Waals surface area contributed by atoms with E-state index in [1.165, 1.54) is 0 Å². The monoisotopic (exact) mass is 476 g/mol. The van der Waals surface area contributed by atoms with Crippen molar-refractivity contribution in [1.29, 1.82) is 0 Å². The van der Waals surface area contributed by atoms with E-state index in [0.717, 1.165) is 29.7 Å². The van der Waals surface area contributed by atoms with Crippen molar-refractivity contribution >= 4 is 29.4 Å². The summed E-state index contributed by atoms with van der Waals surface area (Å²) in [5.41, 5.74) is 0.687. The number of hydrogen-bond acceptors (Lipinski definition) is 4. The predicted molar refractivity (Wildman–Crippen MR) is 133 cm³/mol. The summed E-state index contributed by atoms with van der Waals surface area (Å²) >= 11 is 0. The van der Waals surface area contributed by atoms with Gasteiger partial charge in [-0.15, -0.1) is 0 Å². The van der Waals surface area contributed by atoms with Crippen LogP contribution in [0.5, 0.6) is 0 Å². The molecule has 1 saturated heterocycles. The summed E-state index contributed by atoms with van der Waals surface area (Å²) in [6, 6.07) is 15.5. The Morgan fingerprint density at radius 3 is 2.40 bits per heavy atom. The number of urea groups is 1. The molecular weight excluding hydrogens is 444 g/mol. The quantitative estimate of drug-likeness (QED) is 0.525. The summed E-state index contributed by atoms with van der Waals surface area (Å²) in [6.07, 6.45) is 4.01. The number of benzene rings is 2. The molecular formula is C27H32N4O4. The van der Waals surface area contributed by atoms with E-state index < -0.39 is 24.0 Å². The minimum atomic E-state index is -0.894. The number of anilines is 1. The summed E-state index contributed by atoms with van der Waals surface area (Å²) in [6.45, 7) is 3.62. The molecule has 1 spiro atoms. The standard InChI is InChI=1S/C27H32N4O4/c1-3-19-13-15-27(16-14-19)25(34)31(26(35)30-27)17-23(32)29-22-12-8-7-11-21(22)24(33)28-18(2)20-9-5-4-6-10-20/h4-12,18-19H,3,13-17H2,1-2H3,(H,28,33)(H,29,32)(H,30,35). The summed E-state index contributed by atoms with van der Waals surface area (Å²) in [5.74, 6) is -0.645. The molecule has 184 valence electrons. The van der Waals surface area contributed by atoms with Crippen molar-refractivity contribution in [2.45, 2.75) is 57.5 Å². The van der Waals surface area contributed by atoms with Gasteiger partial charge >= 0.3 is 6.03 Å². The van der Waals surface area contributed by atoms with E-state index in [4.69, 9.17) is 0 Å². The van der Waals surface area contributed by atoms with Crippen LogP contribution in [0.4, 0.5) is 10.5 Å². The molecule has 2 aromatic carbocycles. The predicted octanol–water partition coefficient (Wildman–Crippen LogP) is 4.01. The number of carbonyl (C=O) groups is 4. The third-order valence-corrected chi connectivity index (χ3v) is 7.18. The van der Waals surface area contributed by atoms with E-state index in [1.807, 2.05) is 37.3 Å². The van der Waals surface area contributed by atoms with Gasteiger partial charge in [-0.2, -0.15) is 0 Å². The number of amides is 5. The van der Waals surface area contributed by atoms with E-state index >= 15 is 0 Å². The Hall–Kier alpha value is -3.68. The first-order chi connectivity index (χ1) is 16.8. The van der Waals surface area contributed by atoms with Crippen molar-refractivity contribution in [1.82, 2.24) is 15.5 Å². The van der Waals surface area contributed by atoms with Gasteiger partial charge in [0, 0.05) is 0 Å². The molecule has 2 aliphatic rings. The highest BCUT2D eigenvalue weighted by molar-refractivity contribution is 6.11. The lowest BCUT2D eigenvalue weighted by Gasteiger charge is -2.34. The van der Waals surface area contributed by atoms with E-state index in [2.05, 4.69) is 22.9 Å². The number of nitrogens with zero attached hydrogens (tertiary/aromatic N) is 1. The fourth-order valence-corrected chi connectivity index (χ4v) is 4.96. The maximum Gasteiger partial charge on any atom is 0.325 e. The van der Waals surface area contributed by atoms with Crippen LogP contribution in [-0.4, -0.2) is 40.7 Å². The Morgan fingerprint density at radius 1 is 1.06 bits per heavy atom. The molecule has 0 bridgehead atoms. The summed E-state index contributed by atoms with van der Waals surface area (Å²) in [7, 11) is 0. The van der Waals surface area contributed by atoms with Gasteiger partial charge in [-0.05, 0) is 56.2 Å². The molecule has 1 aliphatic heterocycles. The van der Waals surface area contributed by atoms with Gasteiger partial charge in [-0.1, -0.05) is 55.8 Å². The van der Waals surface area contributed by atoms with Gasteiger partial charge in [0.2, 0.25) is 5.91 Å². The molecule has 1 aliphatic carbocycles. The highest BCUT2D eigenvalue weighted by atomic mass is 16.2. The molecule has 0 aromatic heterocycles. The lowest BCUT2D eigenvalue weighted by atomic mass is 9.75. The van der Waals surface area contributed by atoms with Gasteiger partial charge in [0.1, 0.15) is 12.1 Å². The molecule has 2 aromatic rings. The van der Waals surface area contributed by atoms with Crippen molar-refractivity contribution in [3.63, 3.8) is 0 Å². The Kier molecular flexibility index (Phi) is 7.19. The van der Waals surface area contributed by atoms with Gasteiger partial charge in [-0.25, -0.2) is 4.79 Å². The van der Waals surface area contributed by atoms with Crippen LogP contribution in [0, 0.1) is 5.92 Å². The zero-order valence-electron chi connectivity index (χ0n) is 20.2. The molecule has 35 heavy (non-hydrogen) atoms. The Labute approximate surface area is 205 Å². The SMILES string of the molecule is CCC1CCC2(CC1)NC(=O)N(CC(=O)Nc1ccccc1C(=O)NC(C)c1ccccc1)C2=O. The van der Waals surface area contributed by atoms with Crippen LogP contribution < -0.4 is 16.0 Å². The van der Waals surface area contributed by atoms with Crippen LogP contribution in [0.1, 0.15) is 67.9 Å². The van der Waals surface area contributed by atoms with E-state index in [1.54, 1.807) is 24.3 Å². The van der Waals surface area contributed by atoms with Crippen molar-refractivity contribution in [3.05, 3.63) is 65.7 Å². The number of imide groups is 1. The fraction of sp³-hybridized carbons (Fsp3) is 0.407. The molecule has 5 amide bonds. The molecule has 8 heteroatoms. The maximum atomic E-state index is 13.1. The lowest BCUT2D eigenvalue weighted by Crippen LogP contribution is -2.49. The molecule has 0 radical (unpaired) electrons. The molecule has 3 N–H and O–H groups in total. The second-order valence-corrected chi connectivity index (χ2v) is 9.45. The minimum Gasteiger partial charge on any atom is -0.345 e. The molecule has 2 fully saturated rings. The maximum absolute atomic E-state index is 13.1. The number of nitrogens with one attached hydrogen (secondary N) is 3. The normalized spacial score (nSPS) is 22.6. The first kappa shape index (κ1) is 24.4. The molecule has 1 heterocycles. The second-order valence-electron chi connectivity index (χ2n) is 9.45. The second kappa shape index (κ2) is 10.3. The van der Waals surface area contributed by atoms with Gasteiger partial charge in [0.05, 0.1) is 17.3 Å². The van der Waals surface area contributed by atoms with E-state index in [0.29, 0.717) is 30.0 Å². The minimum absolute atomic E-state index is 0.225. The van der Waals surface area contributed by atoms with Crippen LogP contribution >= 0.6 is 0 Å². The fourth-order valence-electron chi connectivity index (χ4n) is 4.96. The first-order valence-corrected chi connectivity index (χ1v) is 12.2. The van der Waals surface area contributed by atoms with Gasteiger partial charge in [0.25, 0.3) is 11.8 Å². The summed E-state index contributed by atoms with van der Waals surface area (Å²) < 4.78 is 0. The van der Waals surface area contributed by atoms with Crippen molar-refractivity contribution in [2.75, 3.05) is 11.9 Å². The number of carbonyl (C=O) groups excluding carboxylic acids is 4. The van der Waals surface area contributed by atoms with Crippen LogP contribution in [0.2, 0.25) is 0 Å². The lowest BCUT2D eigenvalue weighted by molar-refractivity contribution is -0.135. The molecule has 1 saturated carbocycles. The summed E-state index contributed by atoms with van der Waals surface area (Å²) in [5, 5.41) is 8.49. The Balaban J connectivity index is 1.40. The zero-order valence-corrected chi connectivity index (χ0v) is 20.2. The van der Waals surface area contributed by atoms with Crippen molar-refractivity contribution in [3.8, 4) is 0 Å². The van der Waals surface area contributed by atoms with Crippen LogP contribution in [0.3, 0.4) is 0 Å². The van der Waals surface area contributed by atoms with Crippen LogP contribution in [0.15, 0.2) is 54.6 Å². The topological polar surface area (TPSA) is 108 Å². The Morgan fingerprint density at radius 2 is 1.71 bits per heavy atom. The number of rotatable bonds is 7. The van der Waals surface area contributed by atoms with Gasteiger partial charge < -0.3 is 16.0 Å². The highest BCUT2D eigenvalue weighted by Gasteiger charge is 2.52. The summed E-state index contributed by atoms with van der Waals surface area (Å²) in [4.78, 5) is 52.4. The first-order valence-electron chi connectivity index (χ1n) is 12.2. The van der Waals surface area contributed by atoms with E-state index in [9.17, 15) is 19.2 Å². The van der Waals surface area contributed by atoms with Crippen LogP contribution in [0.25, 0.3) is 0 Å².